The van der Waals surface area contributed by atoms with E-state index in [0.29, 0.717) is 42.9 Å². The molecule has 1 aliphatic carbocycles. The Morgan fingerprint density at radius 3 is 2.62 bits per heavy atom. The predicted molar refractivity (Wildman–Crippen MR) is 180 cm³/mol. The highest BCUT2D eigenvalue weighted by atomic mass is 31.2. The lowest BCUT2D eigenvalue weighted by Gasteiger charge is -2.41. The monoisotopic (exact) mass is 680 g/mol. The normalized spacial score (nSPS) is 20.4. The van der Waals surface area contributed by atoms with Crippen LogP contribution >= 0.6 is 7.82 Å². The Kier molecular flexibility index (Phi) is 9.94. The molecule has 6 rings (SSSR count). The number of anilines is 2. The second kappa shape index (κ2) is 14.3. The van der Waals surface area contributed by atoms with E-state index >= 15 is 0 Å². The molecule has 2 aliphatic heterocycles. The van der Waals surface area contributed by atoms with Crippen molar-refractivity contribution < 1.29 is 33.1 Å². The van der Waals surface area contributed by atoms with Crippen LogP contribution in [0.4, 0.5) is 11.4 Å². The summed E-state index contributed by atoms with van der Waals surface area (Å²) < 4.78 is 28.3. The molecule has 1 aromatic heterocycles. The number of phosphoric acid groups is 1. The number of nitrogens with two attached hydrogens (primary N) is 3. The average molecular weight is 681 g/mol. The molecule has 3 heterocycles. The van der Waals surface area contributed by atoms with Crippen molar-refractivity contribution in [3.63, 3.8) is 0 Å². The number of para-hydroxylation sites is 2. The number of benzene rings is 2. The lowest BCUT2D eigenvalue weighted by Crippen LogP contribution is -2.54. The molecule has 48 heavy (non-hydrogen) atoms. The van der Waals surface area contributed by atoms with Crippen molar-refractivity contribution in [2.45, 2.75) is 37.6 Å². The summed E-state index contributed by atoms with van der Waals surface area (Å²) in [6, 6.07) is 13.3. The van der Waals surface area contributed by atoms with Gasteiger partial charge < -0.3 is 46.7 Å². The molecule has 0 unspecified atom stereocenters. The van der Waals surface area contributed by atoms with Crippen LogP contribution in [0, 0.1) is 0 Å². The minimum Gasteiger partial charge on any atom is -0.489 e. The van der Waals surface area contributed by atoms with Gasteiger partial charge in [0.1, 0.15) is 29.6 Å². The lowest BCUT2D eigenvalue weighted by molar-refractivity contribution is -0.122. The Morgan fingerprint density at radius 1 is 1.08 bits per heavy atom. The molecule has 15 nitrogen and oxygen atoms in total. The number of allylic oxidation sites excluding steroid dienone is 2. The van der Waals surface area contributed by atoms with Gasteiger partial charge in [0.2, 0.25) is 5.91 Å². The second-order valence-corrected chi connectivity index (χ2v) is 13.2. The van der Waals surface area contributed by atoms with E-state index in [4.69, 9.17) is 36.5 Å². The van der Waals surface area contributed by atoms with E-state index in [2.05, 4.69) is 38.0 Å². The van der Waals surface area contributed by atoms with Gasteiger partial charge in [0.05, 0.1) is 30.3 Å². The molecule has 3 aliphatic rings. The van der Waals surface area contributed by atoms with E-state index < -0.39 is 14.6 Å². The SMILES string of the molecule is NC(N)=C(/C=C(\N)c1ccccc1OCOP(=O)(O)O)n1cc(N2CCN(C3CCC(c4cccc5c4OCCN5)CC3)CC2=O)cn1. The Bertz CT molecular complexity index is 1740. The smallest absolute Gasteiger partial charge is 0.472 e. The first-order valence-electron chi connectivity index (χ1n) is 15.8. The molecule has 1 saturated carbocycles. The third-order valence-electron chi connectivity index (χ3n) is 8.96. The van der Waals surface area contributed by atoms with Crippen LogP contribution in [0.25, 0.3) is 11.4 Å². The number of carbonyl (C=O) groups excluding carboxylic acids is 1. The van der Waals surface area contributed by atoms with E-state index in [1.165, 1.54) is 16.3 Å². The first kappa shape index (κ1) is 33.4. The number of nitrogens with zero attached hydrogens (tertiary/aromatic N) is 4. The van der Waals surface area contributed by atoms with Crippen molar-refractivity contribution in [1.29, 1.82) is 0 Å². The van der Waals surface area contributed by atoms with Crippen molar-refractivity contribution >= 4 is 36.5 Å². The molecule has 9 N–H and O–H groups in total. The molecule has 3 aromatic rings. The summed E-state index contributed by atoms with van der Waals surface area (Å²) in [6.07, 6.45) is 8.91. The highest BCUT2D eigenvalue weighted by Gasteiger charge is 2.34. The Hall–Kier alpha value is -4.53. The highest BCUT2D eigenvalue weighted by molar-refractivity contribution is 7.46. The van der Waals surface area contributed by atoms with E-state index in [0.717, 1.165) is 50.2 Å². The summed E-state index contributed by atoms with van der Waals surface area (Å²) in [6.45, 7) is 2.40. The van der Waals surface area contributed by atoms with Gasteiger partial charge in [-0.2, -0.15) is 5.10 Å². The predicted octanol–water partition coefficient (Wildman–Crippen LogP) is 2.55. The van der Waals surface area contributed by atoms with Crippen LogP contribution in [0.2, 0.25) is 0 Å². The molecule has 1 amide bonds. The van der Waals surface area contributed by atoms with Crippen molar-refractivity contribution in [2.75, 3.05) is 49.8 Å². The number of hydrogen-bond donors (Lipinski definition) is 6. The highest BCUT2D eigenvalue weighted by Crippen LogP contribution is 2.43. The first-order chi connectivity index (χ1) is 23.1. The minimum absolute atomic E-state index is 0.00978. The van der Waals surface area contributed by atoms with Crippen LogP contribution in [0.3, 0.4) is 0 Å². The van der Waals surface area contributed by atoms with Crippen LogP contribution in [0.15, 0.2) is 66.8 Å². The summed E-state index contributed by atoms with van der Waals surface area (Å²) in [5.41, 5.74) is 22.2. The largest absolute Gasteiger partial charge is 0.489 e. The third-order valence-corrected chi connectivity index (χ3v) is 9.40. The fourth-order valence-corrected chi connectivity index (χ4v) is 6.81. The number of hydrogen-bond acceptors (Lipinski definition) is 11. The second-order valence-electron chi connectivity index (χ2n) is 12.0. The molecular weight excluding hydrogens is 639 g/mol. The minimum atomic E-state index is -4.72. The number of carbonyl (C=O) groups is 1. The number of phosphoric ester groups is 1. The van der Waals surface area contributed by atoms with Gasteiger partial charge in [-0.3, -0.25) is 9.69 Å². The number of piperazine rings is 1. The van der Waals surface area contributed by atoms with Crippen molar-refractivity contribution in [3.8, 4) is 11.5 Å². The summed E-state index contributed by atoms with van der Waals surface area (Å²) in [5.74, 6) is 1.58. The van der Waals surface area contributed by atoms with E-state index in [9.17, 15) is 9.36 Å². The van der Waals surface area contributed by atoms with E-state index in [1.807, 2.05) is 0 Å². The Morgan fingerprint density at radius 2 is 1.88 bits per heavy atom. The number of amides is 1. The topological polar surface area (TPSA) is 217 Å². The maximum atomic E-state index is 13.4. The van der Waals surface area contributed by atoms with Gasteiger partial charge in [0.15, 0.2) is 6.79 Å². The van der Waals surface area contributed by atoms with Crippen molar-refractivity contribution in [1.82, 2.24) is 14.7 Å². The zero-order valence-electron chi connectivity index (χ0n) is 26.4. The number of ether oxygens (including phenoxy) is 2. The number of fused-ring (bicyclic) bond motifs is 1. The van der Waals surface area contributed by atoms with E-state index in [1.54, 1.807) is 41.6 Å². The maximum Gasteiger partial charge on any atom is 0.472 e. The van der Waals surface area contributed by atoms with Gasteiger partial charge in [0, 0.05) is 36.9 Å². The maximum absolute atomic E-state index is 13.4. The quantitative estimate of drug-likeness (QED) is 0.103. The molecular formula is C32H41N8O7P. The molecule has 2 aromatic carbocycles. The average Bonchev–Trinajstić information content (AvgIpc) is 3.56. The van der Waals surface area contributed by atoms with Gasteiger partial charge in [-0.25, -0.2) is 13.8 Å². The number of nitrogens with one attached hydrogen (secondary N) is 1. The van der Waals surface area contributed by atoms with Crippen molar-refractivity contribution in [2.24, 2.45) is 17.2 Å². The van der Waals surface area contributed by atoms with Crippen molar-refractivity contribution in [3.05, 3.63) is 77.9 Å². The Labute approximate surface area is 278 Å². The molecule has 0 atom stereocenters. The van der Waals surface area contributed by atoms with Gasteiger partial charge in [0.25, 0.3) is 0 Å². The van der Waals surface area contributed by atoms with Crippen LogP contribution < -0.4 is 36.9 Å². The van der Waals surface area contributed by atoms with Crippen LogP contribution in [0.5, 0.6) is 11.5 Å². The van der Waals surface area contributed by atoms with Crippen LogP contribution in [-0.4, -0.2) is 76.0 Å². The first-order valence-corrected chi connectivity index (χ1v) is 17.3. The Balaban J connectivity index is 1.08. The fraction of sp³-hybridized carbons (Fsp3) is 0.375. The third kappa shape index (κ3) is 7.61. The van der Waals surface area contributed by atoms with Gasteiger partial charge in [-0.15, -0.1) is 0 Å². The van der Waals surface area contributed by atoms with Gasteiger partial charge in [-0.05, 0) is 61.4 Å². The summed E-state index contributed by atoms with van der Waals surface area (Å²) in [5, 5.41) is 7.84. The van der Waals surface area contributed by atoms with Crippen LogP contribution in [0.1, 0.15) is 42.7 Å². The summed E-state index contributed by atoms with van der Waals surface area (Å²) in [7, 11) is -4.72. The van der Waals surface area contributed by atoms with E-state index in [-0.39, 0.29) is 28.9 Å². The molecule has 2 fully saturated rings. The zero-order valence-corrected chi connectivity index (χ0v) is 27.3. The molecule has 0 spiro atoms. The lowest BCUT2D eigenvalue weighted by atomic mass is 9.80. The van der Waals surface area contributed by atoms with Gasteiger partial charge >= 0.3 is 7.82 Å². The standard InChI is InChI=1S/C32H41N8O7P/c33-26(25-4-1-2-7-29(25)46-20-47-48(42,43)44)16-28(32(34)35)40-18-23(17-37-40)39-14-13-38(19-30(39)41)22-10-8-21(9-11-22)24-5-3-6-27-31(24)45-15-12-36-27/h1-7,16-18,21-22,36H,8-15,19-20,33-35H2,(H2,42,43,44)/b26-16-. The van der Waals surface area contributed by atoms with Gasteiger partial charge in [-0.1, -0.05) is 24.3 Å². The number of rotatable bonds is 10. The summed E-state index contributed by atoms with van der Waals surface area (Å²) >= 11 is 0. The zero-order chi connectivity index (χ0) is 33.8. The molecule has 256 valence electrons. The molecule has 0 radical (unpaired) electrons. The molecule has 1 saturated heterocycles. The molecule has 16 heteroatoms. The fourth-order valence-electron chi connectivity index (χ4n) is 6.62. The summed E-state index contributed by atoms with van der Waals surface area (Å²) in [4.78, 5) is 35.3. The van der Waals surface area contributed by atoms with Crippen LogP contribution in [-0.2, 0) is 13.9 Å². The number of aromatic nitrogens is 2. The molecule has 0 bridgehead atoms.